The first-order valence-electron chi connectivity index (χ1n) is 28.0. The molecule has 0 radical (unpaired) electrons. The maximum atomic E-state index is 15.4. The number of amides is 6. The first-order valence-corrected chi connectivity index (χ1v) is 30.0. The first kappa shape index (κ1) is 61.4. The van der Waals surface area contributed by atoms with Crippen LogP contribution in [0, 0.1) is 11.8 Å². The van der Waals surface area contributed by atoms with Gasteiger partial charge in [-0.1, -0.05) is 223 Å². The lowest BCUT2D eigenvalue weighted by atomic mass is 9.84. The fourth-order valence-electron chi connectivity index (χ4n) is 10.3. The zero-order valence-corrected chi connectivity index (χ0v) is 49.3. The van der Waals surface area contributed by atoms with Gasteiger partial charge in [-0.3, -0.25) is 28.8 Å². The largest absolute Gasteiger partial charge is 0.370 e. The van der Waals surface area contributed by atoms with E-state index < -0.39 is 105 Å². The third kappa shape index (κ3) is 15.2. The number of hydrogen-bond donors (Lipinski definition) is 6. The van der Waals surface area contributed by atoms with Crippen molar-refractivity contribution in [3.63, 3.8) is 0 Å². The van der Waals surface area contributed by atoms with Crippen LogP contribution in [-0.2, 0) is 43.0 Å². The Hall–Kier alpha value is -7.20. The molecular weight excluding hydrogens is 1050 g/mol. The van der Waals surface area contributed by atoms with Gasteiger partial charge in [0.1, 0.15) is 30.2 Å². The van der Waals surface area contributed by atoms with Crippen LogP contribution in [0.5, 0.6) is 0 Å². The van der Waals surface area contributed by atoms with E-state index in [2.05, 4.69) is 31.9 Å². The number of carbonyl (C=O) groups is 6. The molecule has 0 spiro atoms. The highest BCUT2D eigenvalue weighted by Gasteiger charge is 2.43. The Morgan fingerprint density at radius 1 is 0.420 bits per heavy atom. The molecule has 81 heavy (non-hydrogen) atoms. The average molecular weight is 1130 g/mol. The van der Waals surface area contributed by atoms with Crippen molar-refractivity contribution < 1.29 is 33.5 Å². The minimum Gasteiger partial charge on any atom is -0.370 e. The van der Waals surface area contributed by atoms with E-state index in [0.29, 0.717) is 12.8 Å². The summed E-state index contributed by atoms with van der Waals surface area (Å²) in [7, 11) is 0. The third-order valence-corrected chi connectivity index (χ3v) is 18.2. The number of thioether (sulfide) groups is 2. The molecule has 0 saturated carbocycles. The Kier molecular flexibility index (Phi) is 21.6. The Morgan fingerprint density at radius 3 is 1.02 bits per heavy atom. The van der Waals surface area contributed by atoms with Gasteiger partial charge < -0.3 is 36.6 Å². The van der Waals surface area contributed by atoms with Crippen LogP contribution in [0.3, 0.4) is 0 Å². The van der Waals surface area contributed by atoms with Gasteiger partial charge in [0.15, 0.2) is 0 Å². The SMILES string of the molecule is CC[C@@H](C)[C@H]1NC(=O)[C@H](CSC(c2ccccc2)(c2ccccc2)c2ccccc2)NC(=O)CNC(=O)[C@H]([C@@H](C)OC(C)(C)C)NC(=O)[C@H]([C@@H](C)CC)NC(=O)[C@H](CSC(c2ccccc2)(c2ccccc2)c2ccccc2)NC1=O. The second-order valence-electron chi connectivity index (χ2n) is 21.7. The van der Waals surface area contributed by atoms with Gasteiger partial charge in [0.2, 0.25) is 35.4 Å². The minimum absolute atomic E-state index is 0.00655. The number of carbonyl (C=O) groups excluding carboxylic acids is 6. The standard InChI is InChI=1S/C66H78N6O7S2/c1-9-44(3)56-62(77)69-54(43-81-66(50-35-23-14-24-36-50,51-37-25-15-26-38-51)52-39-27-16-28-40-52)60(75)71-57(45(4)10-2)63(78)72-58(46(5)79-64(6,7)8)61(76)67-41-55(73)68-53(59(74)70-56)42-80-65(47-29-17-11-18-30-47,48-31-19-12-20-32-48)49-33-21-13-22-34-49/h11-40,44-46,53-54,56-58H,9-10,41-43H2,1-8H3,(H,67,76)(H,68,73)(H,69,77)(H,70,74)(H,71,75)(H,72,78)/t44-,45+,46-,53+,54+,56-,57+,58+/m1/s1. The van der Waals surface area contributed by atoms with Gasteiger partial charge in [-0.25, -0.2) is 0 Å². The molecule has 13 nitrogen and oxygen atoms in total. The second kappa shape index (κ2) is 28.5. The Bertz CT molecular complexity index is 2810. The monoisotopic (exact) mass is 1130 g/mol. The van der Waals surface area contributed by atoms with Crippen LogP contribution in [0.4, 0.5) is 0 Å². The van der Waals surface area contributed by atoms with Crippen molar-refractivity contribution >= 4 is 59.0 Å². The summed E-state index contributed by atoms with van der Waals surface area (Å²) in [6.45, 7) is 14.0. The lowest BCUT2D eigenvalue weighted by Crippen LogP contribution is -2.63. The van der Waals surface area contributed by atoms with Gasteiger partial charge in [0.25, 0.3) is 0 Å². The summed E-state index contributed by atoms with van der Waals surface area (Å²) in [4.78, 5) is 89.7. The molecule has 6 aromatic rings. The molecule has 6 N–H and O–H groups in total. The molecule has 15 heteroatoms. The van der Waals surface area contributed by atoms with Crippen LogP contribution in [0.1, 0.15) is 102 Å². The number of benzene rings is 6. The number of hydrogen-bond acceptors (Lipinski definition) is 9. The predicted molar refractivity (Wildman–Crippen MR) is 325 cm³/mol. The Balaban J connectivity index is 1.34. The quantitative estimate of drug-likeness (QED) is 0.0457. The van der Waals surface area contributed by atoms with Gasteiger partial charge in [-0.15, -0.1) is 23.5 Å². The average Bonchev–Trinajstić information content (AvgIpc) is 3.56. The van der Waals surface area contributed by atoms with E-state index in [1.807, 2.05) is 230 Å². The normalized spacial score (nSPS) is 20.4. The second-order valence-corrected chi connectivity index (χ2v) is 24.2. The van der Waals surface area contributed by atoms with Gasteiger partial charge >= 0.3 is 0 Å². The van der Waals surface area contributed by atoms with Crippen molar-refractivity contribution in [3.8, 4) is 0 Å². The summed E-state index contributed by atoms with van der Waals surface area (Å²) in [6, 6.07) is 53.4. The van der Waals surface area contributed by atoms with E-state index >= 15 is 14.4 Å². The van der Waals surface area contributed by atoms with E-state index in [1.165, 1.54) is 23.5 Å². The van der Waals surface area contributed by atoms with Gasteiger partial charge in [0, 0.05) is 11.5 Å². The zero-order valence-electron chi connectivity index (χ0n) is 47.6. The number of nitrogens with one attached hydrogen (secondary N) is 6. The molecule has 6 aromatic carbocycles. The van der Waals surface area contributed by atoms with Crippen LogP contribution >= 0.6 is 23.5 Å². The van der Waals surface area contributed by atoms with Gasteiger partial charge in [0.05, 0.1) is 27.7 Å². The molecule has 7 rings (SSSR count). The maximum absolute atomic E-state index is 15.4. The molecule has 8 atom stereocenters. The van der Waals surface area contributed by atoms with Crippen molar-refractivity contribution in [1.29, 1.82) is 0 Å². The molecule has 1 heterocycles. The van der Waals surface area contributed by atoms with Gasteiger partial charge in [-0.2, -0.15) is 0 Å². The van der Waals surface area contributed by atoms with Crippen molar-refractivity contribution in [1.82, 2.24) is 31.9 Å². The smallest absolute Gasteiger partial charge is 0.245 e. The lowest BCUT2D eigenvalue weighted by molar-refractivity contribution is -0.140. The van der Waals surface area contributed by atoms with Crippen molar-refractivity contribution in [2.75, 3.05) is 18.1 Å². The third-order valence-electron chi connectivity index (χ3n) is 14.9. The summed E-state index contributed by atoms with van der Waals surface area (Å²) in [5, 5.41) is 17.7. The molecular formula is C66H78N6O7S2. The molecule has 1 aliphatic rings. The molecule has 0 bridgehead atoms. The summed E-state index contributed by atoms with van der Waals surface area (Å²) in [5.74, 6) is -4.91. The number of rotatable bonds is 18. The topological polar surface area (TPSA) is 184 Å². The van der Waals surface area contributed by atoms with E-state index in [4.69, 9.17) is 4.74 Å². The maximum Gasteiger partial charge on any atom is 0.245 e. The van der Waals surface area contributed by atoms with E-state index in [0.717, 1.165) is 33.4 Å². The number of ether oxygens (including phenoxy) is 1. The summed E-state index contributed by atoms with van der Waals surface area (Å²) < 4.78 is 4.45. The summed E-state index contributed by atoms with van der Waals surface area (Å²) in [6.07, 6.45) is -0.00982. The Labute approximate surface area is 486 Å². The van der Waals surface area contributed by atoms with Crippen LogP contribution in [0.25, 0.3) is 0 Å². The highest BCUT2D eigenvalue weighted by molar-refractivity contribution is 8.01. The zero-order chi connectivity index (χ0) is 58.2. The molecule has 0 aliphatic carbocycles. The van der Waals surface area contributed by atoms with E-state index in [1.54, 1.807) is 6.92 Å². The minimum atomic E-state index is -1.34. The molecule has 1 saturated heterocycles. The van der Waals surface area contributed by atoms with Crippen molar-refractivity contribution in [2.45, 2.75) is 120 Å². The van der Waals surface area contributed by atoms with Crippen LogP contribution in [0.15, 0.2) is 182 Å². The van der Waals surface area contributed by atoms with E-state index in [-0.39, 0.29) is 11.5 Å². The summed E-state index contributed by atoms with van der Waals surface area (Å²) >= 11 is 2.91. The molecule has 1 fully saturated rings. The highest BCUT2D eigenvalue weighted by Crippen LogP contribution is 2.50. The summed E-state index contributed by atoms with van der Waals surface area (Å²) in [5.41, 5.74) is 4.82. The first-order chi connectivity index (χ1) is 38.9. The van der Waals surface area contributed by atoms with Crippen LogP contribution in [0.2, 0.25) is 0 Å². The Morgan fingerprint density at radius 2 is 0.716 bits per heavy atom. The molecule has 1 aliphatic heterocycles. The molecule has 6 amide bonds. The highest BCUT2D eigenvalue weighted by atomic mass is 32.2. The van der Waals surface area contributed by atoms with Gasteiger partial charge in [-0.05, 0) is 72.9 Å². The lowest BCUT2D eigenvalue weighted by Gasteiger charge is -2.37. The molecule has 0 aromatic heterocycles. The van der Waals surface area contributed by atoms with Crippen molar-refractivity contribution in [2.24, 2.45) is 11.8 Å². The molecule has 426 valence electrons. The van der Waals surface area contributed by atoms with E-state index in [9.17, 15) is 14.4 Å². The molecule has 0 unspecified atom stereocenters. The fraction of sp³-hybridized carbons (Fsp3) is 0.364. The fourth-order valence-corrected chi connectivity index (χ4v) is 13.4. The van der Waals surface area contributed by atoms with Crippen molar-refractivity contribution in [3.05, 3.63) is 215 Å². The van der Waals surface area contributed by atoms with Crippen LogP contribution < -0.4 is 31.9 Å². The predicted octanol–water partition coefficient (Wildman–Crippen LogP) is 9.29. The van der Waals surface area contributed by atoms with Crippen LogP contribution in [-0.4, -0.2) is 95.4 Å².